The molecule has 0 saturated carbocycles. The van der Waals surface area contributed by atoms with Gasteiger partial charge in [-0.15, -0.1) is 0 Å². The minimum absolute atomic E-state index is 0.198. The highest BCUT2D eigenvalue weighted by atomic mass is 16.5. The van der Waals surface area contributed by atoms with Gasteiger partial charge in [-0.05, 0) is 31.0 Å². The molecule has 0 saturated heterocycles. The van der Waals surface area contributed by atoms with Crippen LogP contribution in [0.1, 0.15) is 11.1 Å². The zero-order valence-electron chi connectivity index (χ0n) is 10.3. The Morgan fingerprint density at radius 1 is 1.00 bits per heavy atom. The van der Waals surface area contributed by atoms with Crippen molar-refractivity contribution in [1.29, 1.82) is 0 Å². The Bertz CT molecular complexity index is 545. The molecule has 0 unspecified atom stereocenters. The summed E-state index contributed by atoms with van der Waals surface area (Å²) in [6.07, 6.45) is 0. The highest BCUT2D eigenvalue weighted by Crippen LogP contribution is 2.38. The molecule has 0 fully saturated rings. The van der Waals surface area contributed by atoms with E-state index in [9.17, 15) is 5.11 Å². The van der Waals surface area contributed by atoms with Crippen LogP contribution in [0.3, 0.4) is 0 Å². The van der Waals surface area contributed by atoms with Crippen LogP contribution in [-0.4, -0.2) is 12.2 Å². The van der Waals surface area contributed by atoms with Crippen molar-refractivity contribution in [2.75, 3.05) is 7.11 Å². The summed E-state index contributed by atoms with van der Waals surface area (Å²) < 4.78 is 5.13. The number of aromatic hydroxyl groups is 1. The molecule has 0 aliphatic carbocycles. The maximum atomic E-state index is 10.1. The normalized spacial score (nSPS) is 10.3. The standard InChI is InChI=1S/C15H16O2/c1-10-7-8-11(2)13(9-10)12-5-4-6-14(17-3)15(12)16/h4-9,16H,1-3H3. The van der Waals surface area contributed by atoms with Crippen LogP contribution < -0.4 is 4.74 Å². The minimum atomic E-state index is 0.198. The maximum Gasteiger partial charge on any atom is 0.165 e. The van der Waals surface area contributed by atoms with Crippen LogP contribution in [0.15, 0.2) is 36.4 Å². The lowest BCUT2D eigenvalue weighted by Gasteiger charge is -2.11. The number of hydrogen-bond acceptors (Lipinski definition) is 2. The lowest BCUT2D eigenvalue weighted by atomic mass is 9.97. The topological polar surface area (TPSA) is 29.5 Å². The third-order valence-electron chi connectivity index (χ3n) is 2.90. The molecule has 0 atom stereocenters. The molecular weight excluding hydrogens is 212 g/mol. The average Bonchev–Trinajstić information content (AvgIpc) is 2.33. The number of methoxy groups -OCH3 is 1. The summed E-state index contributed by atoms with van der Waals surface area (Å²) in [4.78, 5) is 0. The molecule has 0 amide bonds. The van der Waals surface area contributed by atoms with Crippen LogP contribution in [0.5, 0.6) is 11.5 Å². The van der Waals surface area contributed by atoms with Gasteiger partial charge in [0.15, 0.2) is 11.5 Å². The van der Waals surface area contributed by atoms with Crippen molar-refractivity contribution in [3.05, 3.63) is 47.5 Å². The number of hydrogen-bond donors (Lipinski definition) is 1. The van der Waals surface area contributed by atoms with E-state index in [1.165, 1.54) is 5.56 Å². The van der Waals surface area contributed by atoms with Gasteiger partial charge in [-0.2, -0.15) is 0 Å². The lowest BCUT2D eigenvalue weighted by molar-refractivity contribution is 0.374. The predicted molar refractivity (Wildman–Crippen MR) is 69.6 cm³/mol. The Labute approximate surface area is 101 Å². The molecule has 2 aromatic rings. The third-order valence-corrected chi connectivity index (χ3v) is 2.90. The first-order valence-corrected chi connectivity index (χ1v) is 5.57. The lowest BCUT2D eigenvalue weighted by Crippen LogP contribution is -1.89. The fourth-order valence-electron chi connectivity index (χ4n) is 1.93. The van der Waals surface area contributed by atoms with Crippen LogP contribution in [0, 0.1) is 13.8 Å². The van der Waals surface area contributed by atoms with Gasteiger partial charge in [0.1, 0.15) is 0 Å². The molecule has 2 heteroatoms. The zero-order valence-corrected chi connectivity index (χ0v) is 10.3. The summed E-state index contributed by atoms with van der Waals surface area (Å²) in [7, 11) is 1.56. The number of rotatable bonds is 2. The summed E-state index contributed by atoms with van der Waals surface area (Å²) in [5, 5.41) is 10.1. The van der Waals surface area contributed by atoms with E-state index in [0.29, 0.717) is 5.75 Å². The molecule has 2 aromatic carbocycles. The van der Waals surface area contributed by atoms with E-state index < -0.39 is 0 Å². The molecule has 2 nitrogen and oxygen atoms in total. The summed E-state index contributed by atoms with van der Waals surface area (Å²) >= 11 is 0. The molecule has 0 spiro atoms. The number of phenolic OH excluding ortho intramolecular Hbond substituents is 1. The molecule has 0 aromatic heterocycles. The smallest absolute Gasteiger partial charge is 0.165 e. The van der Waals surface area contributed by atoms with E-state index in [4.69, 9.17) is 4.74 Å². The van der Waals surface area contributed by atoms with E-state index in [1.807, 2.05) is 26.0 Å². The van der Waals surface area contributed by atoms with Crippen molar-refractivity contribution >= 4 is 0 Å². The zero-order chi connectivity index (χ0) is 12.4. The summed E-state index contributed by atoms with van der Waals surface area (Å²) in [6.45, 7) is 4.08. The Kier molecular flexibility index (Phi) is 3.05. The van der Waals surface area contributed by atoms with Gasteiger partial charge in [0, 0.05) is 5.56 Å². The number of para-hydroxylation sites is 1. The van der Waals surface area contributed by atoms with Crippen molar-refractivity contribution in [3.8, 4) is 22.6 Å². The van der Waals surface area contributed by atoms with Gasteiger partial charge in [-0.1, -0.05) is 35.9 Å². The van der Waals surface area contributed by atoms with Gasteiger partial charge in [0.2, 0.25) is 0 Å². The van der Waals surface area contributed by atoms with E-state index in [0.717, 1.165) is 16.7 Å². The van der Waals surface area contributed by atoms with Gasteiger partial charge in [0.25, 0.3) is 0 Å². The van der Waals surface area contributed by atoms with Crippen molar-refractivity contribution in [3.63, 3.8) is 0 Å². The monoisotopic (exact) mass is 228 g/mol. The molecule has 0 aliphatic heterocycles. The Morgan fingerprint density at radius 2 is 1.76 bits per heavy atom. The fraction of sp³-hybridized carbons (Fsp3) is 0.200. The van der Waals surface area contributed by atoms with Gasteiger partial charge in [0.05, 0.1) is 7.11 Å². The van der Waals surface area contributed by atoms with Crippen LogP contribution in [0.2, 0.25) is 0 Å². The van der Waals surface area contributed by atoms with E-state index >= 15 is 0 Å². The van der Waals surface area contributed by atoms with Gasteiger partial charge < -0.3 is 9.84 Å². The Hall–Kier alpha value is -1.96. The Balaban J connectivity index is 2.64. The van der Waals surface area contributed by atoms with E-state index in [-0.39, 0.29) is 5.75 Å². The molecule has 0 aliphatic rings. The first-order valence-electron chi connectivity index (χ1n) is 5.57. The first kappa shape index (κ1) is 11.5. The quantitative estimate of drug-likeness (QED) is 0.849. The van der Waals surface area contributed by atoms with Crippen molar-refractivity contribution in [2.45, 2.75) is 13.8 Å². The molecule has 1 N–H and O–H groups in total. The maximum absolute atomic E-state index is 10.1. The summed E-state index contributed by atoms with van der Waals surface area (Å²) in [6, 6.07) is 11.7. The minimum Gasteiger partial charge on any atom is -0.504 e. The first-order chi connectivity index (χ1) is 8.13. The summed E-state index contributed by atoms with van der Waals surface area (Å²) in [5.41, 5.74) is 4.17. The average molecular weight is 228 g/mol. The van der Waals surface area contributed by atoms with E-state index in [1.54, 1.807) is 13.2 Å². The molecular formula is C15H16O2. The molecule has 0 radical (unpaired) electrons. The fourth-order valence-corrected chi connectivity index (χ4v) is 1.93. The predicted octanol–water partition coefficient (Wildman–Crippen LogP) is 3.68. The third kappa shape index (κ3) is 2.11. The van der Waals surface area contributed by atoms with Gasteiger partial charge in [-0.25, -0.2) is 0 Å². The second kappa shape index (κ2) is 4.50. The van der Waals surface area contributed by atoms with Gasteiger partial charge >= 0.3 is 0 Å². The summed E-state index contributed by atoms with van der Waals surface area (Å²) in [5.74, 6) is 0.701. The van der Waals surface area contributed by atoms with Crippen LogP contribution in [0.4, 0.5) is 0 Å². The van der Waals surface area contributed by atoms with Crippen LogP contribution in [-0.2, 0) is 0 Å². The number of phenols is 1. The molecule has 2 rings (SSSR count). The van der Waals surface area contributed by atoms with Crippen LogP contribution in [0.25, 0.3) is 11.1 Å². The molecule has 88 valence electrons. The molecule has 0 heterocycles. The van der Waals surface area contributed by atoms with E-state index in [2.05, 4.69) is 18.2 Å². The van der Waals surface area contributed by atoms with Gasteiger partial charge in [-0.3, -0.25) is 0 Å². The highest BCUT2D eigenvalue weighted by molar-refractivity contribution is 5.76. The SMILES string of the molecule is COc1cccc(-c2cc(C)ccc2C)c1O. The Morgan fingerprint density at radius 3 is 2.47 bits per heavy atom. The van der Waals surface area contributed by atoms with Crippen molar-refractivity contribution in [1.82, 2.24) is 0 Å². The highest BCUT2D eigenvalue weighted by Gasteiger charge is 2.11. The second-order valence-electron chi connectivity index (χ2n) is 4.17. The molecule has 0 bridgehead atoms. The number of aryl methyl sites for hydroxylation is 2. The van der Waals surface area contributed by atoms with Crippen molar-refractivity contribution in [2.24, 2.45) is 0 Å². The molecule has 17 heavy (non-hydrogen) atoms. The number of ether oxygens (including phenoxy) is 1. The second-order valence-corrected chi connectivity index (χ2v) is 4.17. The van der Waals surface area contributed by atoms with Crippen molar-refractivity contribution < 1.29 is 9.84 Å². The van der Waals surface area contributed by atoms with Crippen LogP contribution >= 0.6 is 0 Å². The largest absolute Gasteiger partial charge is 0.504 e. The number of benzene rings is 2.